The van der Waals surface area contributed by atoms with E-state index in [1.807, 2.05) is 43.3 Å². The summed E-state index contributed by atoms with van der Waals surface area (Å²) < 4.78 is 16.9. The van der Waals surface area contributed by atoms with Crippen molar-refractivity contribution >= 4 is 5.71 Å². The minimum Gasteiger partial charge on any atom is -0.493 e. The van der Waals surface area contributed by atoms with Crippen LogP contribution in [0.15, 0.2) is 47.6 Å². The van der Waals surface area contributed by atoms with Crippen molar-refractivity contribution in [1.29, 1.82) is 0 Å². The number of ether oxygens (including phenoxy) is 3. The topological polar surface area (TPSA) is 73.2 Å². The first-order valence-corrected chi connectivity index (χ1v) is 9.45. The van der Waals surface area contributed by atoms with Crippen LogP contribution in [-0.4, -0.2) is 48.8 Å². The summed E-state index contributed by atoms with van der Waals surface area (Å²) in [6.45, 7) is 2.49. The molecule has 1 aliphatic carbocycles. The van der Waals surface area contributed by atoms with Crippen molar-refractivity contribution in [3.8, 4) is 17.4 Å². The Labute approximate surface area is 164 Å². The lowest BCUT2D eigenvalue weighted by molar-refractivity contribution is 0.190. The molecule has 0 radical (unpaired) electrons. The molecule has 0 bridgehead atoms. The molecule has 0 saturated carbocycles. The average Bonchev–Trinajstić information content (AvgIpc) is 2.73. The molecule has 2 heterocycles. The number of nitrogens with zero attached hydrogens (tertiary/aromatic N) is 2. The molecule has 2 aliphatic rings. The predicted octanol–water partition coefficient (Wildman–Crippen LogP) is 3.12. The van der Waals surface area contributed by atoms with Crippen molar-refractivity contribution in [2.24, 2.45) is 4.99 Å². The highest BCUT2D eigenvalue weighted by atomic mass is 16.5. The Kier molecular flexibility index (Phi) is 5.05. The van der Waals surface area contributed by atoms with E-state index in [0.717, 1.165) is 22.4 Å². The molecule has 28 heavy (non-hydrogen) atoms. The third-order valence-corrected chi connectivity index (χ3v) is 5.23. The minimum absolute atomic E-state index is 0.0568. The number of benzene rings is 1. The molecule has 4 rings (SSSR count). The molecule has 2 aromatic rings. The van der Waals surface area contributed by atoms with E-state index in [9.17, 15) is 5.11 Å². The van der Waals surface area contributed by atoms with Crippen LogP contribution in [0.3, 0.4) is 0 Å². The molecule has 146 valence electrons. The monoisotopic (exact) mass is 380 g/mol. The summed E-state index contributed by atoms with van der Waals surface area (Å²) in [6.07, 6.45) is 5.64. The Balaban J connectivity index is 1.94. The quantitative estimate of drug-likeness (QED) is 0.807. The van der Waals surface area contributed by atoms with Crippen LogP contribution in [0.2, 0.25) is 0 Å². The van der Waals surface area contributed by atoms with Gasteiger partial charge in [-0.05, 0) is 43.2 Å². The first-order valence-electron chi connectivity index (χ1n) is 9.45. The fourth-order valence-corrected chi connectivity index (χ4v) is 3.98. The summed E-state index contributed by atoms with van der Waals surface area (Å²) in [5.41, 5.74) is 3.68. The number of aliphatic imine (C=N–C) groups is 1. The molecule has 0 fully saturated rings. The summed E-state index contributed by atoms with van der Waals surface area (Å²) in [5, 5.41) is 10.2. The molecule has 6 heteroatoms. The van der Waals surface area contributed by atoms with Crippen LogP contribution in [-0.2, 0) is 0 Å². The molecule has 1 aromatic carbocycles. The lowest BCUT2D eigenvalue weighted by Crippen LogP contribution is -2.31. The van der Waals surface area contributed by atoms with E-state index in [0.29, 0.717) is 30.4 Å². The van der Waals surface area contributed by atoms with Gasteiger partial charge in [0, 0.05) is 17.7 Å². The summed E-state index contributed by atoms with van der Waals surface area (Å²) in [4.78, 5) is 9.35. The maximum absolute atomic E-state index is 10.2. The fraction of sp³-hybridized carbons (Fsp3) is 0.364. The van der Waals surface area contributed by atoms with Crippen molar-refractivity contribution < 1.29 is 19.3 Å². The van der Waals surface area contributed by atoms with Crippen molar-refractivity contribution in [2.45, 2.75) is 31.4 Å². The van der Waals surface area contributed by atoms with Gasteiger partial charge >= 0.3 is 0 Å². The molecule has 0 unspecified atom stereocenters. The van der Waals surface area contributed by atoms with E-state index in [1.54, 1.807) is 20.4 Å². The number of aliphatic hydroxyl groups excluding tert-OH is 1. The maximum Gasteiger partial charge on any atom is 0.222 e. The number of rotatable bonds is 5. The number of aromatic nitrogens is 1. The molecule has 1 N–H and O–H groups in total. The Morgan fingerprint density at radius 2 is 1.96 bits per heavy atom. The summed E-state index contributed by atoms with van der Waals surface area (Å²) in [5.74, 6) is 1.96. The zero-order valence-electron chi connectivity index (χ0n) is 16.3. The summed E-state index contributed by atoms with van der Waals surface area (Å²) in [6, 6.07) is 7.77. The molecule has 1 aliphatic heterocycles. The SMILES string of the molecule is CCOc1cc2c(cc1OC)C(c1cccnc1OC)=N[C@@H]1C=C[C@H](O)C[C@H]21. The lowest BCUT2D eigenvalue weighted by atomic mass is 9.77. The normalized spacial score (nSPS) is 22.7. The number of pyridine rings is 1. The molecular weight excluding hydrogens is 356 g/mol. The average molecular weight is 380 g/mol. The largest absolute Gasteiger partial charge is 0.493 e. The maximum atomic E-state index is 10.2. The van der Waals surface area contributed by atoms with Gasteiger partial charge < -0.3 is 19.3 Å². The third-order valence-electron chi connectivity index (χ3n) is 5.23. The van der Waals surface area contributed by atoms with E-state index >= 15 is 0 Å². The van der Waals surface area contributed by atoms with Gasteiger partial charge in [0.25, 0.3) is 0 Å². The molecule has 1 aromatic heterocycles. The first-order chi connectivity index (χ1) is 13.7. The van der Waals surface area contributed by atoms with E-state index < -0.39 is 6.10 Å². The summed E-state index contributed by atoms with van der Waals surface area (Å²) >= 11 is 0. The predicted molar refractivity (Wildman–Crippen MR) is 107 cm³/mol. The van der Waals surface area contributed by atoms with Gasteiger partial charge in [-0.25, -0.2) is 4.98 Å². The highest BCUT2D eigenvalue weighted by Gasteiger charge is 2.35. The van der Waals surface area contributed by atoms with Gasteiger partial charge in [-0.2, -0.15) is 0 Å². The van der Waals surface area contributed by atoms with Crippen LogP contribution in [0, 0.1) is 0 Å². The zero-order valence-corrected chi connectivity index (χ0v) is 16.3. The highest BCUT2D eigenvalue weighted by molar-refractivity contribution is 6.16. The Bertz CT molecular complexity index is 938. The van der Waals surface area contributed by atoms with Crippen LogP contribution in [0.5, 0.6) is 17.4 Å². The Morgan fingerprint density at radius 1 is 1.11 bits per heavy atom. The second-order valence-corrected chi connectivity index (χ2v) is 6.85. The summed E-state index contributed by atoms with van der Waals surface area (Å²) in [7, 11) is 3.24. The fourth-order valence-electron chi connectivity index (χ4n) is 3.98. The van der Waals surface area contributed by atoms with Crippen LogP contribution in [0.4, 0.5) is 0 Å². The zero-order chi connectivity index (χ0) is 19.7. The number of hydrogen-bond donors (Lipinski definition) is 1. The van der Waals surface area contributed by atoms with Crippen molar-refractivity contribution in [3.63, 3.8) is 0 Å². The van der Waals surface area contributed by atoms with Crippen LogP contribution in [0.1, 0.15) is 36.0 Å². The van der Waals surface area contributed by atoms with Gasteiger partial charge in [-0.15, -0.1) is 0 Å². The van der Waals surface area contributed by atoms with Gasteiger partial charge in [0.05, 0.1) is 44.2 Å². The molecule has 0 spiro atoms. The van der Waals surface area contributed by atoms with Crippen LogP contribution in [0.25, 0.3) is 0 Å². The molecule has 0 amide bonds. The second kappa shape index (κ2) is 7.64. The molecule has 3 atom stereocenters. The van der Waals surface area contributed by atoms with E-state index in [4.69, 9.17) is 19.2 Å². The first kappa shape index (κ1) is 18.5. The van der Waals surface area contributed by atoms with Gasteiger partial charge in [-0.1, -0.05) is 12.2 Å². The van der Waals surface area contributed by atoms with Gasteiger partial charge in [0.2, 0.25) is 5.88 Å². The van der Waals surface area contributed by atoms with E-state index in [2.05, 4.69) is 4.98 Å². The van der Waals surface area contributed by atoms with Crippen LogP contribution < -0.4 is 14.2 Å². The van der Waals surface area contributed by atoms with E-state index in [1.165, 1.54) is 0 Å². The van der Waals surface area contributed by atoms with Gasteiger partial charge in [0.1, 0.15) is 0 Å². The Morgan fingerprint density at radius 3 is 2.71 bits per heavy atom. The van der Waals surface area contributed by atoms with Crippen LogP contribution >= 0.6 is 0 Å². The van der Waals surface area contributed by atoms with E-state index in [-0.39, 0.29) is 12.0 Å². The number of hydrogen-bond acceptors (Lipinski definition) is 6. The molecular formula is C22H24N2O4. The Hall–Kier alpha value is -2.86. The van der Waals surface area contributed by atoms with Crippen molar-refractivity contribution in [3.05, 3.63) is 59.3 Å². The molecule has 6 nitrogen and oxygen atoms in total. The van der Waals surface area contributed by atoms with Gasteiger partial charge in [-0.3, -0.25) is 4.99 Å². The third kappa shape index (κ3) is 3.14. The standard InChI is InChI=1S/C22H24N2O4/c1-4-28-20-11-15-16-10-13(25)7-8-18(16)24-21(17(15)12-19(20)26-2)14-6-5-9-23-22(14)27-3/h5-9,11-13,16,18,25H,4,10H2,1-3H3/t13-,16+,18+/m0/s1. The minimum atomic E-state index is -0.476. The second-order valence-electron chi connectivity index (χ2n) is 6.85. The lowest BCUT2D eigenvalue weighted by Gasteiger charge is -2.34. The van der Waals surface area contributed by atoms with Gasteiger partial charge in [0.15, 0.2) is 11.5 Å². The van der Waals surface area contributed by atoms with Crippen molar-refractivity contribution in [1.82, 2.24) is 4.98 Å². The molecule has 0 saturated heterocycles. The smallest absolute Gasteiger partial charge is 0.222 e. The highest BCUT2D eigenvalue weighted by Crippen LogP contribution is 2.43. The number of methoxy groups -OCH3 is 2. The number of aliphatic hydroxyl groups is 1. The van der Waals surface area contributed by atoms with Crippen molar-refractivity contribution in [2.75, 3.05) is 20.8 Å². The number of fused-ring (bicyclic) bond motifs is 3.